The maximum absolute atomic E-state index is 3.65. The third-order valence-electron chi connectivity index (χ3n) is 4.59. The van der Waals surface area contributed by atoms with Crippen LogP contribution in [0.5, 0.6) is 0 Å². The minimum absolute atomic E-state index is 0.725. The van der Waals surface area contributed by atoms with Crippen molar-refractivity contribution in [3.8, 4) is 0 Å². The molecular formula is C16H32N2. The maximum Gasteiger partial charge on any atom is 0.0139 e. The number of nitrogens with zero attached hydrogens (tertiary/aromatic N) is 1. The second kappa shape index (κ2) is 6.38. The lowest BCUT2D eigenvalue weighted by molar-refractivity contribution is 0.0338. The van der Waals surface area contributed by atoms with Crippen molar-refractivity contribution in [2.45, 2.75) is 65.5 Å². The molecule has 0 amide bonds. The lowest BCUT2D eigenvalue weighted by Crippen LogP contribution is -2.53. The third kappa shape index (κ3) is 3.96. The van der Waals surface area contributed by atoms with Crippen molar-refractivity contribution in [1.29, 1.82) is 0 Å². The largest absolute Gasteiger partial charge is 0.316 e. The van der Waals surface area contributed by atoms with Gasteiger partial charge in [-0.15, -0.1) is 0 Å². The summed E-state index contributed by atoms with van der Waals surface area (Å²) in [7, 11) is 0. The molecule has 0 spiro atoms. The molecule has 0 aromatic heterocycles. The molecular weight excluding hydrogens is 220 g/mol. The van der Waals surface area contributed by atoms with Crippen LogP contribution >= 0.6 is 0 Å². The van der Waals surface area contributed by atoms with Crippen molar-refractivity contribution < 1.29 is 0 Å². The fourth-order valence-corrected chi connectivity index (χ4v) is 3.11. The Bertz CT molecular complexity index is 245. The van der Waals surface area contributed by atoms with Gasteiger partial charge in [-0.1, -0.05) is 13.8 Å². The fourth-order valence-electron chi connectivity index (χ4n) is 3.11. The first-order valence-electron chi connectivity index (χ1n) is 8.04. The Hall–Kier alpha value is -0.0800. The third-order valence-corrected chi connectivity index (χ3v) is 4.59. The maximum atomic E-state index is 3.65. The number of nitrogens with one attached hydrogen (secondary N) is 1. The van der Waals surface area contributed by atoms with Crippen molar-refractivity contribution in [1.82, 2.24) is 10.2 Å². The summed E-state index contributed by atoms with van der Waals surface area (Å²) in [4.78, 5) is 2.79. The topological polar surface area (TPSA) is 15.3 Å². The summed E-state index contributed by atoms with van der Waals surface area (Å²) in [5.74, 6) is 2.71. The molecule has 2 fully saturated rings. The molecule has 1 N–H and O–H groups in total. The van der Waals surface area contributed by atoms with Crippen molar-refractivity contribution >= 4 is 0 Å². The minimum Gasteiger partial charge on any atom is -0.316 e. The van der Waals surface area contributed by atoms with Gasteiger partial charge in [0.15, 0.2) is 0 Å². The number of hydrogen-bond donors (Lipinski definition) is 1. The normalized spacial score (nSPS) is 28.2. The second-order valence-electron chi connectivity index (χ2n) is 7.19. The molecule has 2 rings (SSSR count). The van der Waals surface area contributed by atoms with Crippen LogP contribution in [0.3, 0.4) is 0 Å². The van der Waals surface area contributed by atoms with Crippen LogP contribution in [0.2, 0.25) is 0 Å². The highest BCUT2D eigenvalue weighted by Crippen LogP contribution is 2.37. The average molecular weight is 252 g/mol. The smallest absolute Gasteiger partial charge is 0.0139 e. The highest BCUT2D eigenvalue weighted by atomic mass is 15.2. The summed E-state index contributed by atoms with van der Waals surface area (Å²) >= 11 is 0. The standard InChI is InChI=1S/C16H32N2/c1-12(2)9-17-10-15-7-8-16(15)18(13(3)4)11-14-5-6-14/h12-17H,5-11H2,1-4H3. The zero-order valence-electron chi connectivity index (χ0n) is 12.8. The van der Waals surface area contributed by atoms with Gasteiger partial charge in [-0.2, -0.15) is 0 Å². The van der Waals surface area contributed by atoms with Crippen LogP contribution in [0.1, 0.15) is 53.4 Å². The molecule has 2 unspecified atom stereocenters. The van der Waals surface area contributed by atoms with Gasteiger partial charge < -0.3 is 5.32 Å². The Kier molecular flexibility index (Phi) is 5.08. The van der Waals surface area contributed by atoms with Crippen LogP contribution in [0.4, 0.5) is 0 Å². The van der Waals surface area contributed by atoms with E-state index in [-0.39, 0.29) is 0 Å². The molecule has 2 aliphatic carbocycles. The minimum atomic E-state index is 0.725. The van der Waals surface area contributed by atoms with Gasteiger partial charge in [0.05, 0.1) is 0 Å². The Balaban J connectivity index is 1.75. The van der Waals surface area contributed by atoms with Gasteiger partial charge >= 0.3 is 0 Å². The lowest BCUT2D eigenvalue weighted by Gasteiger charge is -2.47. The van der Waals surface area contributed by atoms with Crippen LogP contribution < -0.4 is 5.32 Å². The Labute approximate surface area is 114 Å². The van der Waals surface area contributed by atoms with E-state index in [1.807, 2.05) is 0 Å². The summed E-state index contributed by atoms with van der Waals surface area (Å²) in [6, 6.07) is 1.59. The first-order valence-corrected chi connectivity index (χ1v) is 8.04. The van der Waals surface area contributed by atoms with Crippen molar-refractivity contribution in [3.63, 3.8) is 0 Å². The Morgan fingerprint density at radius 3 is 2.22 bits per heavy atom. The highest BCUT2D eigenvalue weighted by Gasteiger charge is 2.38. The van der Waals surface area contributed by atoms with Gasteiger partial charge in [0.2, 0.25) is 0 Å². The van der Waals surface area contributed by atoms with Crippen molar-refractivity contribution in [2.24, 2.45) is 17.8 Å². The van der Waals surface area contributed by atoms with Crippen LogP contribution in [-0.2, 0) is 0 Å². The van der Waals surface area contributed by atoms with Gasteiger partial charge in [0, 0.05) is 18.6 Å². The van der Waals surface area contributed by atoms with Crippen LogP contribution in [0.25, 0.3) is 0 Å². The van der Waals surface area contributed by atoms with E-state index in [2.05, 4.69) is 37.9 Å². The summed E-state index contributed by atoms with van der Waals surface area (Å²) in [5, 5.41) is 3.65. The molecule has 106 valence electrons. The first kappa shape index (κ1) is 14.3. The zero-order chi connectivity index (χ0) is 13.1. The van der Waals surface area contributed by atoms with Crippen LogP contribution in [0, 0.1) is 17.8 Å². The molecule has 0 aliphatic heterocycles. The molecule has 2 aliphatic rings. The summed E-state index contributed by atoms with van der Waals surface area (Å²) < 4.78 is 0. The SMILES string of the molecule is CC(C)CNCC1CCC1N(CC1CC1)C(C)C. The highest BCUT2D eigenvalue weighted by molar-refractivity contribution is 4.93. The quantitative estimate of drug-likeness (QED) is 0.714. The van der Waals surface area contributed by atoms with Gasteiger partial charge in [-0.25, -0.2) is 0 Å². The van der Waals surface area contributed by atoms with Gasteiger partial charge in [0.1, 0.15) is 0 Å². The molecule has 2 atom stereocenters. The van der Waals surface area contributed by atoms with Crippen molar-refractivity contribution in [2.75, 3.05) is 19.6 Å². The Morgan fingerprint density at radius 1 is 1.06 bits per heavy atom. The van der Waals surface area contributed by atoms with E-state index in [0.717, 1.165) is 29.8 Å². The molecule has 0 heterocycles. The lowest BCUT2D eigenvalue weighted by atomic mass is 9.77. The predicted octanol–water partition coefficient (Wildman–Crippen LogP) is 3.13. The molecule has 2 heteroatoms. The summed E-state index contributed by atoms with van der Waals surface area (Å²) in [6.45, 7) is 13.1. The van der Waals surface area contributed by atoms with Crippen LogP contribution in [0.15, 0.2) is 0 Å². The van der Waals surface area contributed by atoms with E-state index in [1.54, 1.807) is 0 Å². The second-order valence-corrected chi connectivity index (χ2v) is 7.19. The molecule has 2 nitrogen and oxygen atoms in total. The first-order chi connectivity index (χ1) is 8.58. The number of hydrogen-bond acceptors (Lipinski definition) is 2. The van der Waals surface area contributed by atoms with E-state index < -0.39 is 0 Å². The molecule has 18 heavy (non-hydrogen) atoms. The summed E-state index contributed by atoms with van der Waals surface area (Å²) in [5.41, 5.74) is 0. The van der Waals surface area contributed by atoms with E-state index >= 15 is 0 Å². The van der Waals surface area contributed by atoms with E-state index in [9.17, 15) is 0 Å². The molecule has 0 aromatic rings. The monoisotopic (exact) mass is 252 g/mol. The van der Waals surface area contributed by atoms with Crippen LogP contribution in [-0.4, -0.2) is 36.6 Å². The van der Waals surface area contributed by atoms with E-state index in [0.29, 0.717) is 0 Å². The van der Waals surface area contributed by atoms with Gasteiger partial charge in [0.25, 0.3) is 0 Å². The fraction of sp³-hybridized carbons (Fsp3) is 1.00. The molecule has 0 radical (unpaired) electrons. The van der Waals surface area contributed by atoms with E-state index in [1.165, 1.54) is 45.3 Å². The average Bonchev–Trinajstić information content (AvgIpc) is 3.05. The predicted molar refractivity (Wildman–Crippen MR) is 78.8 cm³/mol. The molecule has 0 bridgehead atoms. The van der Waals surface area contributed by atoms with E-state index in [4.69, 9.17) is 0 Å². The summed E-state index contributed by atoms with van der Waals surface area (Å²) in [6.07, 6.45) is 5.82. The van der Waals surface area contributed by atoms with Gasteiger partial charge in [-0.3, -0.25) is 4.90 Å². The number of rotatable bonds is 8. The molecule has 0 saturated heterocycles. The molecule has 0 aromatic carbocycles. The zero-order valence-corrected chi connectivity index (χ0v) is 12.8. The van der Waals surface area contributed by atoms with Crippen molar-refractivity contribution in [3.05, 3.63) is 0 Å². The van der Waals surface area contributed by atoms with Gasteiger partial charge in [-0.05, 0) is 70.4 Å². The Morgan fingerprint density at radius 2 is 1.78 bits per heavy atom. The molecule has 2 saturated carbocycles.